The van der Waals surface area contributed by atoms with Crippen LogP contribution in [-0.4, -0.2) is 10.5 Å². The van der Waals surface area contributed by atoms with Gasteiger partial charge in [-0.05, 0) is 49.3 Å². The topological polar surface area (TPSA) is 34.4 Å². The maximum absolute atomic E-state index is 14.0. The van der Waals surface area contributed by atoms with E-state index in [0.717, 1.165) is 12.2 Å². The molecule has 3 rings (SSSR count). The van der Waals surface area contributed by atoms with Gasteiger partial charge in [0.05, 0.1) is 5.56 Å². The lowest BCUT2D eigenvalue weighted by Gasteiger charge is -2.17. The zero-order valence-corrected chi connectivity index (χ0v) is 17.3. The summed E-state index contributed by atoms with van der Waals surface area (Å²) in [6.45, 7) is 9.45. The van der Waals surface area contributed by atoms with Gasteiger partial charge in [-0.3, -0.25) is 4.79 Å². The second kappa shape index (κ2) is 6.80. The molecule has 2 aromatic rings. The smallest absolute Gasteiger partial charge is 0.282 e. The van der Waals surface area contributed by atoms with E-state index in [1.54, 1.807) is 6.07 Å². The first-order chi connectivity index (χ1) is 11.7. The van der Waals surface area contributed by atoms with E-state index < -0.39 is 11.7 Å². The van der Waals surface area contributed by atoms with Crippen LogP contribution in [0.25, 0.3) is 0 Å². The van der Waals surface area contributed by atoms with Crippen molar-refractivity contribution in [1.29, 1.82) is 0 Å². The minimum Gasteiger partial charge on any atom is -0.320 e. The summed E-state index contributed by atoms with van der Waals surface area (Å²) in [6, 6.07) is 4.34. The molecule has 1 heterocycles. The fourth-order valence-corrected chi connectivity index (χ4v) is 4.41. The average molecular weight is 425 g/mol. The molecule has 0 aliphatic heterocycles. The summed E-state index contributed by atoms with van der Waals surface area (Å²) in [6.07, 6.45) is 2.45. The van der Waals surface area contributed by atoms with E-state index in [1.807, 2.05) is 0 Å². The first-order valence-electron chi connectivity index (χ1n) is 8.41. The standard InChI is InChI=1S/C19H22BrFN2OS/c1-11-16(19(2,3)4)25-18(23(11)10-12-5-6-12)22-17(24)14-9-13(20)7-8-15(14)21/h7-9,12H,5-6,10H2,1-4H3. The molecule has 25 heavy (non-hydrogen) atoms. The zero-order chi connectivity index (χ0) is 18.4. The molecule has 0 atom stereocenters. The molecule has 0 radical (unpaired) electrons. The Labute approximate surface area is 159 Å². The second-order valence-corrected chi connectivity index (χ2v) is 9.54. The molecule has 0 unspecified atom stereocenters. The molecule has 1 aliphatic rings. The maximum atomic E-state index is 14.0. The Morgan fingerprint density at radius 1 is 1.40 bits per heavy atom. The maximum Gasteiger partial charge on any atom is 0.282 e. The first kappa shape index (κ1) is 18.5. The van der Waals surface area contributed by atoms with Gasteiger partial charge >= 0.3 is 0 Å². The second-order valence-electron chi connectivity index (χ2n) is 7.64. The quantitative estimate of drug-likeness (QED) is 0.665. The van der Waals surface area contributed by atoms with E-state index in [9.17, 15) is 9.18 Å². The van der Waals surface area contributed by atoms with Crippen molar-refractivity contribution >= 4 is 33.2 Å². The number of aromatic nitrogens is 1. The fraction of sp³-hybridized carbons (Fsp3) is 0.474. The molecule has 1 aliphatic carbocycles. The number of halogens is 2. The van der Waals surface area contributed by atoms with Crippen LogP contribution in [0.3, 0.4) is 0 Å². The van der Waals surface area contributed by atoms with Crippen LogP contribution >= 0.6 is 27.3 Å². The van der Waals surface area contributed by atoms with Crippen molar-refractivity contribution in [2.75, 3.05) is 0 Å². The Morgan fingerprint density at radius 2 is 2.08 bits per heavy atom. The summed E-state index contributed by atoms with van der Waals surface area (Å²) in [4.78, 5) is 18.7. The Morgan fingerprint density at radius 3 is 2.68 bits per heavy atom. The van der Waals surface area contributed by atoms with Crippen LogP contribution in [0.1, 0.15) is 54.5 Å². The van der Waals surface area contributed by atoms with Gasteiger partial charge in [0.25, 0.3) is 5.91 Å². The Kier molecular flexibility index (Phi) is 5.04. The first-order valence-corrected chi connectivity index (χ1v) is 10.0. The van der Waals surface area contributed by atoms with E-state index in [0.29, 0.717) is 15.2 Å². The predicted molar refractivity (Wildman–Crippen MR) is 102 cm³/mol. The Bertz CT molecular complexity index is 888. The highest BCUT2D eigenvalue weighted by Crippen LogP contribution is 2.33. The lowest BCUT2D eigenvalue weighted by atomic mass is 9.93. The van der Waals surface area contributed by atoms with E-state index in [-0.39, 0.29) is 11.0 Å². The highest BCUT2D eigenvalue weighted by molar-refractivity contribution is 9.10. The third kappa shape index (κ3) is 4.11. The summed E-state index contributed by atoms with van der Waals surface area (Å²) in [5, 5.41) is 0. The minimum atomic E-state index is -0.546. The van der Waals surface area contributed by atoms with E-state index in [4.69, 9.17) is 0 Å². The van der Waals surface area contributed by atoms with Crippen molar-refractivity contribution in [2.45, 2.75) is 52.5 Å². The van der Waals surface area contributed by atoms with Crippen LogP contribution in [0.4, 0.5) is 4.39 Å². The van der Waals surface area contributed by atoms with Crippen molar-refractivity contribution in [2.24, 2.45) is 10.9 Å². The molecule has 0 spiro atoms. The summed E-state index contributed by atoms with van der Waals surface area (Å²) >= 11 is 4.82. The van der Waals surface area contributed by atoms with Crippen LogP contribution in [0.2, 0.25) is 0 Å². The number of benzene rings is 1. The molecule has 1 aromatic heterocycles. The van der Waals surface area contributed by atoms with Gasteiger partial charge in [0, 0.05) is 21.6 Å². The number of hydrogen-bond donors (Lipinski definition) is 0. The van der Waals surface area contributed by atoms with Crippen molar-refractivity contribution in [1.82, 2.24) is 4.57 Å². The lowest BCUT2D eigenvalue weighted by Crippen LogP contribution is -2.20. The van der Waals surface area contributed by atoms with Gasteiger partial charge < -0.3 is 4.57 Å². The van der Waals surface area contributed by atoms with Gasteiger partial charge in [-0.25, -0.2) is 4.39 Å². The van der Waals surface area contributed by atoms with Crippen molar-refractivity contribution in [3.05, 3.63) is 49.4 Å². The van der Waals surface area contributed by atoms with E-state index >= 15 is 0 Å². The molecular weight excluding hydrogens is 403 g/mol. The Hall–Kier alpha value is -1.27. The molecule has 0 saturated heterocycles. The van der Waals surface area contributed by atoms with Gasteiger partial charge in [-0.15, -0.1) is 11.3 Å². The van der Waals surface area contributed by atoms with Crippen LogP contribution in [0.5, 0.6) is 0 Å². The largest absolute Gasteiger partial charge is 0.320 e. The van der Waals surface area contributed by atoms with Crippen LogP contribution < -0.4 is 4.80 Å². The number of thiazole rings is 1. The van der Waals surface area contributed by atoms with Crippen molar-refractivity contribution in [3.8, 4) is 0 Å². The lowest BCUT2D eigenvalue weighted by molar-refractivity contribution is 0.0993. The van der Waals surface area contributed by atoms with Crippen LogP contribution in [0, 0.1) is 18.7 Å². The molecule has 3 nitrogen and oxygen atoms in total. The van der Waals surface area contributed by atoms with Gasteiger partial charge in [-0.2, -0.15) is 4.99 Å². The summed E-state index contributed by atoms with van der Waals surface area (Å²) in [5.41, 5.74) is 1.14. The number of carbonyl (C=O) groups is 1. The minimum absolute atomic E-state index is 0.00397. The molecule has 1 aromatic carbocycles. The summed E-state index contributed by atoms with van der Waals surface area (Å²) in [5.74, 6) is -0.419. The van der Waals surface area contributed by atoms with Crippen LogP contribution in [0.15, 0.2) is 27.7 Å². The van der Waals surface area contributed by atoms with Gasteiger partial charge in [-0.1, -0.05) is 36.7 Å². The number of rotatable bonds is 3. The fourth-order valence-electron chi connectivity index (χ4n) is 2.85. The number of hydrogen-bond acceptors (Lipinski definition) is 2. The van der Waals surface area contributed by atoms with Crippen LogP contribution in [-0.2, 0) is 12.0 Å². The molecule has 1 fully saturated rings. The molecule has 6 heteroatoms. The van der Waals surface area contributed by atoms with E-state index in [1.165, 1.54) is 41.2 Å². The zero-order valence-electron chi connectivity index (χ0n) is 14.9. The third-order valence-electron chi connectivity index (χ3n) is 4.33. The normalized spacial score (nSPS) is 15.7. The number of carbonyl (C=O) groups excluding carboxylic acids is 1. The van der Waals surface area contributed by atoms with E-state index in [2.05, 4.69) is 53.2 Å². The molecule has 1 saturated carbocycles. The number of amides is 1. The molecule has 1 amide bonds. The highest BCUT2D eigenvalue weighted by atomic mass is 79.9. The molecule has 134 valence electrons. The summed E-state index contributed by atoms with van der Waals surface area (Å²) in [7, 11) is 0. The van der Waals surface area contributed by atoms with Gasteiger partial charge in [0.15, 0.2) is 4.80 Å². The monoisotopic (exact) mass is 424 g/mol. The van der Waals surface area contributed by atoms with Gasteiger partial charge in [0.1, 0.15) is 5.82 Å². The van der Waals surface area contributed by atoms with Gasteiger partial charge in [0.2, 0.25) is 0 Å². The third-order valence-corrected chi connectivity index (χ3v) is 6.43. The average Bonchev–Trinajstić information content (AvgIpc) is 3.28. The number of nitrogens with zero attached hydrogens (tertiary/aromatic N) is 2. The molecule has 0 bridgehead atoms. The molecular formula is C19H22BrFN2OS. The SMILES string of the molecule is Cc1c(C(C)(C)C)sc(=NC(=O)c2cc(Br)ccc2F)n1CC1CC1. The van der Waals surface area contributed by atoms with Crippen molar-refractivity contribution in [3.63, 3.8) is 0 Å². The summed E-state index contributed by atoms with van der Waals surface area (Å²) < 4.78 is 16.8. The van der Waals surface area contributed by atoms with Crippen molar-refractivity contribution < 1.29 is 9.18 Å². The molecule has 0 N–H and O–H groups in total. The predicted octanol–water partition coefficient (Wildman–Crippen LogP) is 5.21. The Balaban J connectivity index is 2.09. The highest BCUT2D eigenvalue weighted by Gasteiger charge is 2.27.